The molecule has 0 saturated carbocycles. The highest BCUT2D eigenvalue weighted by Crippen LogP contribution is 2.28. The Hall–Kier alpha value is -2.24. The van der Waals surface area contributed by atoms with E-state index in [1.54, 1.807) is 30.2 Å². The second kappa shape index (κ2) is 8.74. The molecule has 1 amide bonds. The van der Waals surface area contributed by atoms with Gasteiger partial charge in [0.15, 0.2) is 0 Å². The van der Waals surface area contributed by atoms with Crippen molar-refractivity contribution in [3.8, 4) is 11.5 Å². The lowest BCUT2D eigenvalue weighted by Gasteiger charge is -2.31. The Bertz CT molecular complexity index is 614. The van der Waals surface area contributed by atoms with E-state index in [1.165, 1.54) is 0 Å². The SMILES string of the molecule is COc1ccc(C(=O)N2CCCC(C(=O)O)C2)c(OCCC(C)C)c1. The van der Waals surface area contributed by atoms with Gasteiger partial charge in [-0.1, -0.05) is 13.8 Å². The molecule has 0 aromatic heterocycles. The number of piperidine rings is 1. The summed E-state index contributed by atoms with van der Waals surface area (Å²) in [5.41, 5.74) is 0.454. The van der Waals surface area contributed by atoms with Crippen molar-refractivity contribution >= 4 is 11.9 Å². The van der Waals surface area contributed by atoms with Gasteiger partial charge in [0.05, 0.1) is 25.2 Å². The van der Waals surface area contributed by atoms with E-state index in [0.717, 1.165) is 6.42 Å². The molecule has 1 fully saturated rings. The van der Waals surface area contributed by atoms with Gasteiger partial charge in [-0.2, -0.15) is 0 Å². The lowest BCUT2D eigenvalue weighted by Crippen LogP contribution is -2.42. The van der Waals surface area contributed by atoms with E-state index < -0.39 is 11.9 Å². The molecular weight excluding hydrogens is 322 g/mol. The van der Waals surface area contributed by atoms with Crippen molar-refractivity contribution < 1.29 is 24.2 Å². The predicted octanol–water partition coefficient (Wildman–Crippen LogP) is 3.06. The van der Waals surface area contributed by atoms with E-state index in [9.17, 15) is 14.7 Å². The maximum Gasteiger partial charge on any atom is 0.308 e. The molecule has 2 rings (SSSR count). The molecule has 1 unspecified atom stereocenters. The molecule has 1 aromatic carbocycles. The van der Waals surface area contributed by atoms with Gasteiger partial charge in [0.25, 0.3) is 5.91 Å². The Morgan fingerprint density at radius 3 is 2.76 bits per heavy atom. The van der Waals surface area contributed by atoms with Gasteiger partial charge in [0, 0.05) is 19.2 Å². The van der Waals surface area contributed by atoms with Crippen LogP contribution in [0.3, 0.4) is 0 Å². The maximum absolute atomic E-state index is 12.9. The third kappa shape index (κ3) is 5.11. The van der Waals surface area contributed by atoms with Gasteiger partial charge < -0.3 is 19.5 Å². The minimum atomic E-state index is -0.847. The summed E-state index contributed by atoms with van der Waals surface area (Å²) in [7, 11) is 1.57. The number of amides is 1. The van der Waals surface area contributed by atoms with E-state index in [1.807, 2.05) is 0 Å². The van der Waals surface area contributed by atoms with Crippen molar-refractivity contribution in [2.75, 3.05) is 26.8 Å². The first kappa shape index (κ1) is 19.1. The zero-order valence-electron chi connectivity index (χ0n) is 15.2. The summed E-state index contributed by atoms with van der Waals surface area (Å²) in [5.74, 6) is 0.0822. The van der Waals surface area contributed by atoms with Crippen molar-refractivity contribution in [3.05, 3.63) is 23.8 Å². The number of hydrogen-bond donors (Lipinski definition) is 1. The van der Waals surface area contributed by atoms with Crippen LogP contribution in [-0.2, 0) is 4.79 Å². The van der Waals surface area contributed by atoms with Crippen LogP contribution in [0.25, 0.3) is 0 Å². The van der Waals surface area contributed by atoms with Gasteiger partial charge in [0.2, 0.25) is 0 Å². The molecule has 0 spiro atoms. The van der Waals surface area contributed by atoms with E-state index in [0.29, 0.717) is 49.0 Å². The molecule has 6 nitrogen and oxygen atoms in total. The van der Waals surface area contributed by atoms with Crippen LogP contribution in [0.2, 0.25) is 0 Å². The number of aliphatic carboxylic acids is 1. The van der Waals surface area contributed by atoms with Crippen LogP contribution in [0.4, 0.5) is 0 Å². The number of rotatable bonds is 7. The first-order valence-corrected chi connectivity index (χ1v) is 8.75. The van der Waals surface area contributed by atoms with Gasteiger partial charge in [-0.05, 0) is 37.3 Å². The number of carbonyl (C=O) groups is 2. The number of likely N-dealkylation sites (tertiary alicyclic amines) is 1. The van der Waals surface area contributed by atoms with Crippen LogP contribution >= 0.6 is 0 Å². The molecule has 1 N–H and O–H groups in total. The fourth-order valence-corrected chi connectivity index (χ4v) is 2.86. The summed E-state index contributed by atoms with van der Waals surface area (Å²) in [5, 5.41) is 9.22. The summed E-state index contributed by atoms with van der Waals surface area (Å²) in [6.45, 7) is 5.55. The highest BCUT2D eigenvalue weighted by Gasteiger charge is 2.30. The van der Waals surface area contributed by atoms with Crippen molar-refractivity contribution in [3.63, 3.8) is 0 Å². The van der Waals surface area contributed by atoms with Gasteiger partial charge in [-0.15, -0.1) is 0 Å². The zero-order chi connectivity index (χ0) is 18.4. The predicted molar refractivity (Wildman–Crippen MR) is 94.2 cm³/mol. The van der Waals surface area contributed by atoms with Crippen molar-refractivity contribution in [1.82, 2.24) is 4.90 Å². The van der Waals surface area contributed by atoms with E-state index in [-0.39, 0.29) is 12.5 Å². The summed E-state index contributed by atoms with van der Waals surface area (Å²) >= 11 is 0. The molecule has 1 saturated heterocycles. The summed E-state index contributed by atoms with van der Waals surface area (Å²) < 4.78 is 11.1. The number of carboxylic acid groups (broad SMARTS) is 1. The van der Waals surface area contributed by atoms with Crippen LogP contribution in [-0.4, -0.2) is 48.7 Å². The largest absolute Gasteiger partial charge is 0.497 e. The number of carbonyl (C=O) groups excluding carboxylic acids is 1. The Balaban J connectivity index is 2.18. The minimum Gasteiger partial charge on any atom is -0.497 e. The number of nitrogens with zero attached hydrogens (tertiary/aromatic N) is 1. The monoisotopic (exact) mass is 349 g/mol. The number of methoxy groups -OCH3 is 1. The van der Waals surface area contributed by atoms with Crippen LogP contribution in [0.15, 0.2) is 18.2 Å². The van der Waals surface area contributed by atoms with Crippen LogP contribution in [0, 0.1) is 11.8 Å². The molecule has 0 aliphatic carbocycles. The molecule has 138 valence electrons. The molecule has 1 aliphatic heterocycles. The number of hydrogen-bond acceptors (Lipinski definition) is 4. The van der Waals surface area contributed by atoms with Gasteiger partial charge in [-0.3, -0.25) is 9.59 Å². The number of ether oxygens (including phenoxy) is 2. The lowest BCUT2D eigenvalue weighted by atomic mass is 9.97. The summed E-state index contributed by atoms with van der Waals surface area (Å²) in [6.07, 6.45) is 2.19. The number of benzene rings is 1. The van der Waals surface area contributed by atoms with E-state index >= 15 is 0 Å². The van der Waals surface area contributed by atoms with Crippen LogP contribution < -0.4 is 9.47 Å². The summed E-state index contributed by atoms with van der Waals surface area (Å²) in [6, 6.07) is 5.13. The lowest BCUT2D eigenvalue weighted by molar-refractivity contribution is -0.143. The van der Waals surface area contributed by atoms with E-state index in [4.69, 9.17) is 9.47 Å². The van der Waals surface area contributed by atoms with Crippen molar-refractivity contribution in [2.45, 2.75) is 33.1 Å². The highest BCUT2D eigenvalue weighted by molar-refractivity contribution is 5.97. The first-order valence-electron chi connectivity index (χ1n) is 8.75. The smallest absolute Gasteiger partial charge is 0.308 e. The maximum atomic E-state index is 12.9. The molecule has 0 bridgehead atoms. The average molecular weight is 349 g/mol. The molecule has 1 atom stereocenters. The van der Waals surface area contributed by atoms with Crippen molar-refractivity contribution in [2.24, 2.45) is 11.8 Å². The second-order valence-corrected chi connectivity index (χ2v) is 6.82. The highest BCUT2D eigenvalue weighted by atomic mass is 16.5. The third-order valence-electron chi connectivity index (χ3n) is 4.43. The molecule has 6 heteroatoms. The minimum absolute atomic E-state index is 0.187. The fourth-order valence-electron chi connectivity index (χ4n) is 2.86. The second-order valence-electron chi connectivity index (χ2n) is 6.82. The van der Waals surface area contributed by atoms with Gasteiger partial charge >= 0.3 is 5.97 Å². The molecule has 1 aliphatic rings. The van der Waals surface area contributed by atoms with E-state index in [2.05, 4.69) is 13.8 Å². The van der Waals surface area contributed by atoms with Gasteiger partial charge in [0.1, 0.15) is 11.5 Å². The van der Waals surface area contributed by atoms with Crippen molar-refractivity contribution in [1.29, 1.82) is 0 Å². The van der Waals surface area contributed by atoms with Crippen LogP contribution in [0.5, 0.6) is 11.5 Å². The quantitative estimate of drug-likeness (QED) is 0.819. The topological polar surface area (TPSA) is 76.1 Å². The Labute approximate surface area is 148 Å². The fraction of sp³-hybridized carbons (Fsp3) is 0.579. The third-order valence-corrected chi connectivity index (χ3v) is 4.43. The zero-order valence-corrected chi connectivity index (χ0v) is 15.2. The Morgan fingerprint density at radius 2 is 2.12 bits per heavy atom. The van der Waals surface area contributed by atoms with Crippen LogP contribution in [0.1, 0.15) is 43.5 Å². The Kier molecular flexibility index (Phi) is 6.67. The molecule has 1 aromatic rings. The van der Waals surface area contributed by atoms with Gasteiger partial charge in [-0.25, -0.2) is 0 Å². The molecular formula is C19H27NO5. The molecule has 1 heterocycles. The standard InChI is InChI=1S/C19H27NO5/c1-13(2)8-10-25-17-11-15(24-3)6-7-16(17)18(21)20-9-4-5-14(12-20)19(22)23/h6-7,11,13-14H,4-5,8-10,12H2,1-3H3,(H,22,23). The number of carboxylic acids is 1. The molecule has 25 heavy (non-hydrogen) atoms. The molecule has 0 radical (unpaired) electrons. The first-order chi connectivity index (χ1) is 11.9. The average Bonchev–Trinajstić information content (AvgIpc) is 2.60. The summed E-state index contributed by atoms with van der Waals surface area (Å²) in [4.78, 5) is 25.7. The Morgan fingerprint density at radius 1 is 1.36 bits per heavy atom. The normalized spacial score (nSPS) is 17.4.